The van der Waals surface area contributed by atoms with Gasteiger partial charge in [0.15, 0.2) is 17.5 Å². The van der Waals surface area contributed by atoms with E-state index in [4.69, 9.17) is 19.4 Å². The molecule has 0 fully saturated rings. The number of hydrogen-bond donors (Lipinski definition) is 0. The molecule has 2 heterocycles. The van der Waals surface area contributed by atoms with Crippen molar-refractivity contribution < 1.29 is 4.42 Å². The zero-order chi connectivity index (χ0) is 33.6. The zero-order valence-corrected chi connectivity index (χ0v) is 27.5. The van der Waals surface area contributed by atoms with Crippen LogP contribution in [0.2, 0.25) is 0 Å². The number of benzene rings is 7. The summed E-state index contributed by atoms with van der Waals surface area (Å²) in [6, 6.07) is 48.5. The first kappa shape index (κ1) is 29.5. The van der Waals surface area contributed by atoms with E-state index >= 15 is 0 Å². The summed E-state index contributed by atoms with van der Waals surface area (Å²) in [5.74, 6) is 1.76. The average Bonchev–Trinajstić information content (AvgIpc) is 3.51. The van der Waals surface area contributed by atoms with E-state index in [2.05, 4.69) is 116 Å². The Hall–Kier alpha value is -6.65. The normalized spacial score (nSPS) is 12.2. The van der Waals surface area contributed by atoms with Gasteiger partial charge < -0.3 is 4.42 Å². The molecule has 0 amide bonds. The number of allylic oxidation sites excluding steroid dienone is 2. The summed E-state index contributed by atoms with van der Waals surface area (Å²) in [6.45, 7) is 6.40. The van der Waals surface area contributed by atoms with E-state index in [-0.39, 0.29) is 0 Å². The van der Waals surface area contributed by atoms with Gasteiger partial charge in [-0.3, -0.25) is 0 Å². The number of rotatable bonds is 5. The summed E-state index contributed by atoms with van der Waals surface area (Å²) < 4.78 is 6.25. The highest BCUT2D eigenvalue weighted by Gasteiger charge is 2.19. The van der Waals surface area contributed by atoms with Gasteiger partial charge in [-0.1, -0.05) is 146 Å². The molecule has 0 N–H and O–H groups in total. The van der Waals surface area contributed by atoms with E-state index in [1.807, 2.05) is 55.5 Å². The second-order valence-corrected chi connectivity index (χ2v) is 12.4. The molecule has 0 radical (unpaired) electrons. The first-order valence-electron chi connectivity index (χ1n) is 16.8. The molecule has 50 heavy (non-hydrogen) atoms. The number of aromatic nitrogens is 3. The van der Waals surface area contributed by atoms with Crippen LogP contribution in [0.25, 0.3) is 101 Å². The van der Waals surface area contributed by atoms with Crippen molar-refractivity contribution in [2.75, 3.05) is 0 Å². The zero-order valence-electron chi connectivity index (χ0n) is 27.5. The molecule has 4 nitrogen and oxygen atoms in total. The van der Waals surface area contributed by atoms with Gasteiger partial charge in [-0.05, 0) is 68.6 Å². The van der Waals surface area contributed by atoms with E-state index in [0.29, 0.717) is 22.9 Å². The molecule has 9 aromatic rings. The maximum absolute atomic E-state index is 6.25. The Balaban J connectivity index is 1.32. The quantitative estimate of drug-likeness (QED) is 0.176. The molecule has 0 aliphatic carbocycles. The largest absolute Gasteiger partial charge is 0.456 e. The van der Waals surface area contributed by atoms with Crippen molar-refractivity contribution in [2.24, 2.45) is 0 Å². The number of furan rings is 1. The van der Waals surface area contributed by atoms with Crippen molar-refractivity contribution >= 4 is 55.9 Å². The Morgan fingerprint density at radius 2 is 1.16 bits per heavy atom. The van der Waals surface area contributed by atoms with Crippen LogP contribution in [0, 0.1) is 0 Å². The Bertz CT molecular complexity index is 2900. The van der Waals surface area contributed by atoms with Gasteiger partial charge in [-0.25, -0.2) is 15.0 Å². The predicted octanol–water partition coefficient (Wildman–Crippen LogP) is 10.5. The Kier molecular flexibility index (Phi) is 7.14. The van der Waals surface area contributed by atoms with Gasteiger partial charge in [0.1, 0.15) is 11.0 Å². The van der Waals surface area contributed by atoms with Crippen molar-refractivity contribution in [3.8, 4) is 45.3 Å². The van der Waals surface area contributed by atoms with Crippen molar-refractivity contribution in [1.29, 1.82) is 0 Å². The highest BCUT2D eigenvalue weighted by atomic mass is 16.3. The van der Waals surface area contributed by atoms with Crippen LogP contribution < -0.4 is 10.6 Å². The van der Waals surface area contributed by atoms with Crippen molar-refractivity contribution in [2.45, 2.75) is 6.92 Å². The van der Waals surface area contributed by atoms with Crippen molar-refractivity contribution in [3.05, 3.63) is 162 Å². The minimum atomic E-state index is 0.561. The SMILES string of the molecule is C=c1/c(=C\C=C/C)oc2cccc(-c3nc(-c4ccc5ccc6c7ccccc7ccc6c5c4)nc(-c4ccccc4-c4ccccc4)n3)c12. The summed E-state index contributed by atoms with van der Waals surface area (Å²) in [5.41, 5.74) is 6.28. The van der Waals surface area contributed by atoms with Crippen LogP contribution in [0.4, 0.5) is 0 Å². The molecule has 236 valence electrons. The third kappa shape index (κ3) is 4.97. The average molecular weight is 642 g/mol. The lowest BCUT2D eigenvalue weighted by atomic mass is 9.96. The maximum Gasteiger partial charge on any atom is 0.164 e. The fourth-order valence-electron chi connectivity index (χ4n) is 6.99. The monoisotopic (exact) mass is 641 g/mol. The van der Waals surface area contributed by atoms with Gasteiger partial charge in [0.2, 0.25) is 0 Å². The third-order valence-corrected chi connectivity index (χ3v) is 9.42. The van der Waals surface area contributed by atoms with E-state index in [9.17, 15) is 0 Å². The third-order valence-electron chi connectivity index (χ3n) is 9.42. The molecule has 0 saturated heterocycles. The second kappa shape index (κ2) is 12.1. The first-order valence-corrected chi connectivity index (χ1v) is 16.8. The summed E-state index contributed by atoms with van der Waals surface area (Å²) >= 11 is 0. The summed E-state index contributed by atoms with van der Waals surface area (Å²) in [5, 5.41) is 8.89. The van der Waals surface area contributed by atoms with Crippen LogP contribution in [-0.4, -0.2) is 15.0 Å². The minimum absolute atomic E-state index is 0.561. The summed E-state index contributed by atoms with van der Waals surface area (Å²) in [6.07, 6.45) is 5.87. The molecule has 9 rings (SSSR count). The van der Waals surface area contributed by atoms with Crippen LogP contribution in [0.5, 0.6) is 0 Å². The molecule has 4 heteroatoms. The lowest BCUT2D eigenvalue weighted by Crippen LogP contribution is -2.18. The van der Waals surface area contributed by atoms with Crippen LogP contribution in [-0.2, 0) is 0 Å². The van der Waals surface area contributed by atoms with Gasteiger partial charge in [-0.15, -0.1) is 0 Å². The minimum Gasteiger partial charge on any atom is -0.456 e. The van der Waals surface area contributed by atoms with E-state index in [1.165, 1.54) is 21.5 Å². The maximum atomic E-state index is 6.25. The van der Waals surface area contributed by atoms with Crippen LogP contribution in [0.3, 0.4) is 0 Å². The summed E-state index contributed by atoms with van der Waals surface area (Å²) in [7, 11) is 0. The van der Waals surface area contributed by atoms with Crippen LogP contribution in [0.1, 0.15) is 6.92 Å². The van der Waals surface area contributed by atoms with E-state index in [1.54, 1.807) is 0 Å². The van der Waals surface area contributed by atoms with E-state index in [0.717, 1.165) is 54.8 Å². The molecule has 0 atom stereocenters. The number of hydrogen-bond acceptors (Lipinski definition) is 4. The van der Waals surface area contributed by atoms with E-state index < -0.39 is 0 Å². The van der Waals surface area contributed by atoms with Crippen LogP contribution in [0.15, 0.2) is 156 Å². The van der Waals surface area contributed by atoms with Gasteiger partial charge in [-0.2, -0.15) is 0 Å². The van der Waals surface area contributed by atoms with Gasteiger partial charge in [0.25, 0.3) is 0 Å². The second-order valence-electron chi connectivity index (χ2n) is 12.4. The molecular weight excluding hydrogens is 611 g/mol. The number of fused-ring (bicyclic) bond motifs is 6. The predicted molar refractivity (Wildman–Crippen MR) is 208 cm³/mol. The molecule has 2 aromatic heterocycles. The van der Waals surface area contributed by atoms with Gasteiger partial charge >= 0.3 is 0 Å². The highest BCUT2D eigenvalue weighted by Crippen LogP contribution is 2.36. The van der Waals surface area contributed by atoms with Gasteiger partial charge in [0.05, 0.1) is 0 Å². The van der Waals surface area contributed by atoms with Crippen molar-refractivity contribution in [1.82, 2.24) is 15.0 Å². The molecule has 0 aliphatic heterocycles. The Labute approximate surface area is 289 Å². The summed E-state index contributed by atoms with van der Waals surface area (Å²) in [4.78, 5) is 15.6. The molecule has 0 saturated carbocycles. The van der Waals surface area contributed by atoms with Gasteiger partial charge in [0, 0.05) is 27.3 Å². The van der Waals surface area contributed by atoms with Crippen molar-refractivity contribution in [3.63, 3.8) is 0 Å². The molecular formula is C46H31N3O. The molecule has 7 aromatic carbocycles. The fourth-order valence-corrected chi connectivity index (χ4v) is 6.99. The number of nitrogens with zero attached hydrogens (tertiary/aromatic N) is 3. The highest BCUT2D eigenvalue weighted by molar-refractivity contribution is 6.17. The molecule has 0 unspecified atom stereocenters. The first-order chi connectivity index (χ1) is 24.7. The smallest absolute Gasteiger partial charge is 0.164 e. The Morgan fingerprint density at radius 1 is 0.520 bits per heavy atom. The standard InChI is InChI=1S/C46H31N3O/c1-3-4-20-41-29(2)43-39(19-12-21-42(43)50-41)46-48-44(47-45(49-46)38-18-11-10-17-35(38)30-13-6-5-7-14-30)33-23-22-32-25-26-36-34-16-9-8-15-31(34)24-27-37(36)40(32)28-33/h3-28H,2H2,1H3/b4-3-,41-20+. The fraction of sp³-hybridized carbons (Fsp3) is 0.0217. The molecule has 0 spiro atoms. The molecule has 0 bridgehead atoms. The lowest BCUT2D eigenvalue weighted by Gasteiger charge is -2.13. The lowest BCUT2D eigenvalue weighted by molar-refractivity contribution is 0.576. The Morgan fingerprint density at radius 3 is 1.98 bits per heavy atom. The van der Waals surface area contributed by atoms with Crippen LogP contribution >= 0.6 is 0 Å². The molecule has 0 aliphatic rings. The topological polar surface area (TPSA) is 51.8 Å².